The molecule has 0 fully saturated rings. The summed E-state index contributed by atoms with van der Waals surface area (Å²) in [6.07, 6.45) is 6.27. The summed E-state index contributed by atoms with van der Waals surface area (Å²) < 4.78 is 0. The number of thiol groups is 1. The molecule has 0 amide bonds. The topological polar surface area (TPSA) is 63.3 Å². The summed E-state index contributed by atoms with van der Waals surface area (Å²) in [5.41, 5.74) is 6.92. The fraction of sp³-hybridized carbons (Fsp3) is 0.545. The largest absolute Gasteiger partial charge is 0.480 e. The Kier molecular flexibility index (Phi) is 3.99. The van der Waals surface area contributed by atoms with Crippen molar-refractivity contribution in [3.05, 3.63) is 23.3 Å². The molecule has 0 bridgehead atoms. The molecule has 0 aromatic rings. The molecule has 3 nitrogen and oxygen atoms in total. The predicted molar refractivity (Wildman–Crippen MR) is 64.1 cm³/mol. The summed E-state index contributed by atoms with van der Waals surface area (Å²) >= 11 is 4.20. The number of carbonyl (C=O) groups is 1. The molecule has 4 heteroatoms. The molecule has 15 heavy (non-hydrogen) atoms. The number of allylic oxidation sites excluding steroid dienone is 2. The van der Waals surface area contributed by atoms with E-state index in [1.807, 2.05) is 12.2 Å². The van der Waals surface area contributed by atoms with Crippen LogP contribution in [0.5, 0.6) is 0 Å². The number of carboxylic acids is 1. The highest BCUT2D eigenvalue weighted by molar-refractivity contribution is 7.80. The Labute approximate surface area is 95.5 Å². The van der Waals surface area contributed by atoms with Gasteiger partial charge < -0.3 is 10.8 Å². The molecular formula is C11H17NO2S. The molecule has 1 unspecified atom stereocenters. The van der Waals surface area contributed by atoms with Crippen molar-refractivity contribution in [1.29, 1.82) is 0 Å². The van der Waals surface area contributed by atoms with Crippen molar-refractivity contribution in [2.45, 2.75) is 31.7 Å². The zero-order valence-corrected chi connectivity index (χ0v) is 9.76. The van der Waals surface area contributed by atoms with E-state index in [4.69, 9.17) is 10.8 Å². The molecule has 0 saturated heterocycles. The third-order valence-electron chi connectivity index (χ3n) is 2.61. The zero-order chi connectivity index (χ0) is 11.5. The molecule has 1 rings (SSSR count). The summed E-state index contributed by atoms with van der Waals surface area (Å²) in [4.78, 5) is 10.8. The second kappa shape index (κ2) is 4.86. The van der Waals surface area contributed by atoms with Crippen LogP contribution >= 0.6 is 12.6 Å². The number of rotatable bonds is 4. The maximum atomic E-state index is 10.8. The highest BCUT2D eigenvalue weighted by atomic mass is 32.1. The average Bonchev–Trinajstić information content (AvgIpc) is 2.18. The van der Waals surface area contributed by atoms with E-state index < -0.39 is 11.5 Å². The molecule has 0 aromatic carbocycles. The second-order valence-corrected chi connectivity index (χ2v) is 4.52. The highest BCUT2D eigenvalue weighted by Crippen LogP contribution is 2.25. The summed E-state index contributed by atoms with van der Waals surface area (Å²) in [6.45, 7) is 1.55. The number of nitrogens with two attached hydrogens (primary N) is 1. The van der Waals surface area contributed by atoms with Gasteiger partial charge in [0.15, 0.2) is 0 Å². The van der Waals surface area contributed by atoms with Crippen LogP contribution in [0.4, 0.5) is 0 Å². The smallest absolute Gasteiger partial charge is 0.323 e. The van der Waals surface area contributed by atoms with Crippen molar-refractivity contribution in [2.75, 3.05) is 5.75 Å². The molecule has 3 N–H and O–H groups in total. The molecule has 1 aliphatic rings. The molecular weight excluding hydrogens is 210 g/mol. The SMILES string of the molecule is CC(N)(CC1=CC=C(CS)CC1)C(=O)O. The van der Waals surface area contributed by atoms with E-state index in [2.05, 4.69) is 12.6 Å². The van der Waals surface area contributed by atoms with E-state index in [1.54, 1.807) is 6.92 Å². The maximum absolute atomic E-state index is 10.8. The van der Waals surface area contributed by atoms with Crippen LogP contribution in [0.25, 0.3) is 0 Å². The molecule has 0 saturated carbocycles. The third-order valence-corrected chi connectivity index (χ3v) is 3.01. The van der Waals surface area contributed by atoms with Crippen LogP contribution in [0, 0.1) is 0 Å². The fourth-order valence-corrected chi connectivity index (χ4v) is 1.81. The summed E-state index contributed by atoms with van der Waals surface area (Å²) in [5, 5.41) is 8.89. The van der Waals surface area contributed by atoms with E-state index >= 15 is 0 Å². The van der Waals surface area contributed by atoms with Gasteiger partial charge in [-0.2, -0.15) is 12.6 Å². The first-order chi connectivity index (χ1) is 6.95. The van der Waals surface area contributed by atoms with Gasteiger partial charge in [-0.15, -0.1) is 0 Å². The first-order valence-corrected chi connectivity index (χ1v) is 5.59. The Morgan fingerprint density at radius 2 is 2.07 bits per heavy atom. The Hall–Kier alpha value is -0.740. The number of carboxylic acid groups (broad SMARTS) is 1. The van der Waals surface area contributed by atoms with Crippen molar-refractivity contribution in [2.24, 2.45) is 5.73 Å². The van der Waals surface area contributed by atoms with E-state index in [0.717, 1.165) is 24.2 Å². The van der Waals surface area contributed by atoms with Gasteiger partial charge in [-0.1, -0.05) is 23.3 Å². The fourth-order valence-electron chi connectivity index (χ4n) is 1.55. The summed E-state index contributed by atoms with van der Waals surface area (Å²) in [6, 6.07) is 0. The normalized spacial score (nSPS) is 20.2. The van der Waals surface area contributed by atoms with Crippen LogP contribution in [-0.4, -0.2) is 22.4 Å². The molecule has 0 aliphatic heterocycles. The minimum atomic E-state index is -1.15. The number of hydrogen-bond acceptors (Lipinski definition) is 3. The van der Waals surface area contributed by atoms with E-state index in [9.17, 15) is 4.79 Å². The van der Waals surface area contributed by atoms with Crippen LogP contribution < -0.4 is 5.73 Å². The first kappa shape index (κ1) is 12.3. The second-order valence-electron chi connectivity index (χ2n) is 4.21. The lowest BCUT2D eigenvalue weighted by Gasteiger charge is -2.22. The number of hydrogen-bond donors (Lipinski definition) is 3. The zero-order valence-electron chi connectivity index (χ0n) is 8.86. The molecule has 0 aromatic heterocycles. The predicted octanol–water partition coefficient (Wildman–Crippen LogP) is 1.75. The van der Waals surface area contributed by atoms with Crippen molar-refractivity contribution < 1.29 is 9.90 Å². The first-order valence-electron chi connectivity index (χ1n) is 4.96. The standard InChI is InChI=1S/C11H17NO2S/c1-11(12,10(13)14)6-8-2-4-9(7-15)5-3-8/h2,4,15H,3,5-7,12H2,1H3,(H,13,14). The quantitative estimate of drug-likeness (QED) is 0.641. The van der Waals surface area contributed by atoms with Gasteiger partial charge in [0.25, 0.3) is 0 Å². The van der Waals surface area contributed by atoms with Gasteiger partial charge in [0.2, 0.25) is 0 Å². The van der Waals surface area contributed by atoms with Gasteiger partial charge in [0.1, 0.15) is 5.54 Å². The van der Waals surface area contributed by atoms with Crippen LogP contribution in [0.1, 0.15) is 26.2 Å². The van der Waals surface area contributed by atoms with Gasteiger partial charge in [-0.25, -0.2) is 0 Å². The minimum absolute atomic E-state index is 0.415. The van der Waals surface area contributed by atoms with Gasteiger partial charge in [0.05, 0.1) is 0 Å². The van der Waals surface area contributed by atoms with Crippen LogP contribution in [0.3, 0.4) is 0 Å². The van der Waals surface area contributed by atoms with Crippen molar-refractivity contribution >= 4 is 18.6 Å². The Bertz CT molecular complexity index is 319. The van der Waals surface area contributed by atoms with E-state index in [0.29, 0.717) is 6.42 Å². The van der Waals surface area contributed by atoms with Gasteiger partial charge >= 0.3 is 5.97 Å². The van der Waals surface area contributed by atoms with Crippen molar-refractivity contribution in [3.63, 3.8) is 0 Å². The van der Waals surface area contributed by atoms with E-state index in [1.165, 1.54) is 5.57 Å². The molecule has 0 radical (unpaired) electrons. The minimum Gasteiger partial charge on any atom is -0.480 e. The van der Waals surface area contributed by atoms with Crippen LogP contribution in [0.15, 0.2) is 23.3 Å². The van der Waals surface area contributed by atoms with Crippen molar-refractivity contribution in [3.8, 4) is 0 Å². The van der Waals surface area contributed by atoms with Gasteiger partial charge in [-0.05, 0) is 26.2 Å². The molecule has 1 atom stereocenters. The Balaban J connectivity index is 2.65. The Morgan fingerprint density at radius 1 is 1.53 bits per heavy atom. The average molecular weight is 227 g/mol. The lowest BCUT2D eigenvalue weighted by atomic mass is 9.88. The molecule has 84 valence electrons. The summed E-state index contributed by atoms with van der Waals surface area (Å²) in [7, 11) is 0. The molecule has 0 heterocycles. The van der Waals surface area contributed by atoms with Crippen LogP contribution in [-0.2, 0) is 4.79 Å². The highest BCUT2D eigenvalue weighted by Gasteiger charge is 2.29. The summed E-state index contributed by atoms with van der Waals surface area (Å²) in [5.74, 6) is -0.185. The lowest BCUT2D eigenvalue weighted by Crippen LogP contribution is -2.45. The maximum Gasteiger partial charge on any atom is 0.323 e. The Morgan fingerprint density at radius 3 is 2.47 bits per heavy atom. The lowest BCUT2D eigenvalue weighted by molar-refractivity contribution is -0.142. The monoisotopic (exact) mass is 227 g/mol. The molecule has 1 aliphatic carbocycles. The van der Waals surface area contributed by atoms with Crippen LogP contribution in [0.2, 0.25) is 0 Å². The third kappa shape index (κ3) is 3.39. The van der Waals surface area contributed by atoms with E-state index in [-0.39, 0.29) is 0 Å². The number of aliphatic carboxylic acids is 1. The van der Waals surface area contributed by atoms with Gasteiger partial charge in [-0.3, -0.25) is 4.79 Å². The molecule has 0 spiro atoms. The van der Waals surface area contributed by atoms with Crippen molar-refractivity contribution in [1.82, 2.24) is 0 Å². The van der Waals surface area contributed by atoms with Gasteiger partial charge in [0, 0.05) is 5.75 Å².